The number of furan rings is 1. The van der Waals surface area contributed by atoms with Crippen LogP contribution in [-0.2, 0) is 0 Å². The van der Waals surface area contributed by atoms with Gasteiger partial charge in [0.15, 0.2) is 0 Å². The van der Waals surface area contributed by atoms with Crippen LogP contribution in [0.1, 0.15) is 35.4 Å². The van der Waals surface area contributed by atoms with E-state index in [0.717, 1.165) is 63.3 Å². The zero-order valence-corrected chi connectivity index (χ0v) is 15.0. The average Bonchev–Trinajstić information content (AvgIpc) is 2.98. The summed E-state index contributed by atoms with van der Waals surface area (Å²) >= 11 is 0. The molecule has 7 heteroatoms. The van der Waals surface area contributed by atoms with Crippen molar-refractivity contribution in [1.82, 2.24) is 19.8 Å². The van der Waals surface area contributed by atoms with E-state index in [1.54, 1.807) is 6.33 Å². The predicted octanol–water partition coefficient (Wildman–Crippen LogP) is 1.91. The van der Waals surface area contributed by atoms with Crippen LogP contribution < -0.4 is 4.90 Å². The zero-order valence-electron chi connectivity index (χ0n) is 15.0. The fourth-order valence-corrected chi connectivity index (χ4v) is 3.80. The summed E-state index contributed by atoms with van der Waals surface area (Å²) in [5.41, 5.74) is 1.16. The van der Waals surface area contributed by atoms with Crippen LogP contribution in [0.15, 0.2) is 10.7 Å². The molecule has 0 atom stereocenters. The number of amides is 1. The van der Waals surface area contributed by atoms with Gasteiger partial charge in [-0.2, -0.15) is 0 Å². The molecular formula is C18H25N5O2. The Morgan fingerprint density at radius 1 is 1.04 bits per heavy atom. The maximum atomic E-state index is 13.2. The van der Waals surface area contributed by atoms with Crippen molar-refractivity contribution in [3.8, 4) is 0 Å². The molecule has 4 rings (SSSR count). The molecule has 2 aromatic rings. The van der Waals surface area contributed by atoms with E-state index in [2.05, 4.69) is 26.8 Å². The number of carbonyl (C=O) groups is 1. The first-order chi connectivity index (χ1) is 12.1. The number of rotatable bonds is 2. The van der Waals surface area contributed by atoms with Crippen molar-refractivity contribution in [1.29, 1.82) is 0 Å². The Bertz CT molecular complexity index is 773. The van der Waals surface area contributed by atoms with Gasteiger partial charge in [-0.25, -0.2) is 9.97 Å². The average molecular weight is 343 g/mol. The zero-order chi connectivity index (χ0) is 17.4. The number of carbonyl (C=O) groups excluding carboxylic acids is 1. The second-order valence-electron chi connectivity index (χ2n) is 7.05. The number of hydrogen-bond donors (Lipinski definition) is 0. The van der Waals surface area contributed by atoms with Gasteiger partial charge in [-0.15, -0.1) is 0 Å². The van der Waals surface area contributed by atoms with Gasteiger partial charge in [0, 0.05) is 39.3 Å². The van der Waals surface area contributed by atoms with Crippen LogP contribution in [0.5, 0.6) is 0 Å². The molecule has 0 aromatic carbocycles. The summed E-state index contributed by atoms with van der Waals surface area (Å²) in [4.78, 5) is 28.4. The third-order valence-corrected chi connectivity index (χ3v) is 5.30. The Balaban J connectivity index is 1.75. The Kier molecular flexibility index (Phi) is 4.33. The van der Waals surface area contributed by atoms with Crippen molar-refractivity contribution in [3.05, 3.63) is 17.7 Å². The summed E-state index contributed by atoms with van der Waals surface area (Å²) in [5.74, 6) is 1.52. The van der Waals surface area contributed by atoms with Crippen molar-refractivity contribution < 1.29 is 9.21 Å². The number of aryl methyl sites for hydroxylation is 1. The Hall–Kier alpha value is -2.15. The molecule has 2 aromatic heterocycles. The molecule has 2 aliphatic heterocycles. The number of hydrogen-bond acceptors (Lipinski definition) is 6. The highest BCUT2D eigenvalue weighted by atomic mass is 16.3. The first kappa shape index (κ1) is 16.3. The molecule has 134 valence electrons. The maximum Gasteiger partial charge on any atom is 0.258 e. The van der Waals surface area contributed by atoms with Gasteiger partial charge in [0.05, 0.1) is 10.9 Å². The van der Waals surface area contributed by atoms with Gasteiger partial charge in [-0.1, -0.05) is 0 Å². The van der Waals surface area contributed by atoms with Crippen molar-refractivity contribution in [2.24, 2.45) is 0 Å². The molecule has 0 N–H and O–H groups in total. The summed E-state index contributed by atoms with van der Waals surface area (Å²) in [6.07, 6.45) is 5.11. The molecule has 0 spiro atoms. The Morgan fingerprint density at radius 2 is 1.76 bits per heavy atom. The summed E-state index contributed by atoms with van der Waals surface area (Å²) in [6, 6.07) is 0. The minimum Gasteiger partial charge on any atom is -0.442 e. The fourth-order valence-electron chi connectivity index (χ4n) is 3.80. The highest BCUT2D eigenvalue weighted by Gasteiger charge is 2.29. The topological polar surface area (TPSA) is 65.7 Å². The van der Waals surface area contributed by atoms with E-state index in [9.17, 15) is 4.79 Å². The van der Waals surface area contributed by atoms with Gasteiger partial charge in [0.1, 0.15) is 17.9 Å². The van der Waals surface area contributed by atoms with Crippen LogP contribution in [0.4, 0.5) is 5.82 Å². The van der Waals surface area contributed by atoms with Crippen LogP contribution in [0.25, 0.3) is 11.1 Å². The molecule has 0 unspecified atom stereocenters. The molecule has 25 heavy (non-hydrogen) atoms. The first-order valence-corrected chi connectivity index (χ1v) is 9.12. The lowest BCUT2D eigenvalue weighted by molar-refractivity contribution is 0.0664. The highest BCUT2D eigenvalue weighted by Crippen LogP contribution is 2.33. The molecule has 7 nitrogen and oxygen atoms in total. The second-order valence-corrected chi connectivity index (χ2v) is 7.05. The van der Waals surface area contributed by atoms with Crippen LogP contribution in [-0.4, -0.2) is 72.0 Å². The van der Waals surface area contributed by atoms with E-state index >= 15 is 0 Å². The molecular weight excluding hydrogens is 318 g/mol. The molecule has 0 saturated carbocycles. The highest BCUT2D eigenvalue weighted by molar-refractivity contribution is 6.10. The molecule has 0 bridgehead atoms. The molecule has 0 aliphatic carbocycles. The molecule has 2 aliphatic rings. The van der Waals surface area contributed by atoms with Gasteiger partial charge >= 0.3 is 0 Å². The van der Waals surface area contributed by atoms with E-state index in [1.807, 2.05) is 11.8 Å². The smallest absolute Gasteiger partial charge is 0.258 e. The lowest BCUT2D eigenvalue weighted by atomic mass is 10.1. The van der Waals surface area contributed by atoms with E-state index < -0.39 is 0 Å². The lowest BCUT2D eigenvalue weighted by Gasteiger charge is -2.32. The SMILES string of the molecule is Cc1oc2ncnc(N3CCCCC3)c2c1C(=O)N1CCN(C)CC1. The van der Waals surface area contributed by atoms with E-state index in [-0.39, 0.29) is 5.91 Å². The van der Waals surface area contributed by atoms with Crippen LogP contribution in [0.3, 0.4) is 0 Å². The largest absolute Gasteiger partial charge is 0.442 e. The van der Waals surface area contributed by atoms with E-state index in [1.165, 1.54) is 6.42 Å². The van der Waals surface area contributed by atoms with Crippen molar-refractivity contribution in [2.75, 3.05) is 51.2 Å². The second kappa shape index (κ2) is 6.63. The number of anilines is 1. The summed E-state index contributed by atoms with van der Waals surface area (Å²) in [7, 11) is 2.09. The first-order valence-electron chi connectivity index (χ1n) is 9.12. The van der Waals surface area contributed by atoms with E-state index in [4.69, 9.17) is 4.42 Å². The van der Waals surface area contributed by atoms with Crippen molar-refractivity contribution in [3.63, 3.8) is 0 Å². The summed E-state index contributed by atoms with van der Waals surface area (Å²) < 4.78 is 5.83. The van der Waals surface area contributed by atoms with Crippen molar-refractivity contribution >= 4 is 22.8 Å². The summed E-state index contributed by atoms with van der Waals surface area (Å²) in [6.45, 7) is 7.08. The number of fused-ring (bicyclic) bond motifs is 1. The lowest BCUT2D eigenvalue weighted by Crippen LogP contribution is -2.47. The summed E-state index contributed by atoms with van der Waals surface area (Å²) in [5, 5.41) is 0.783. The number of piperidine rings is 1. The van der Waals surface area contributed by atoms with Gasteiger partial charge < -0.3 is 19.1 Å². The van der Waals surface area contributed by atoms with Crippen LogP contribution in [0.2, 0.25) is 0 Å². The van der Waals surface area contributed by atoms with Crippen molar-refractivity contribution in [2.45, 2.75) is 26.2 Å². The minimum atomic E-state index is 0.0393. The maximum absolute atomic E-state index is 13.2. The van der Waals surface area contributed by atoms with Gasteiger partial charge in [0.2, 0.25) is 5.71 Å². The number of nitrogens with zero attached hydrogens (tertiary/aromatic N) is 5. The molecule has 1 amide bonds. The Morgan fingerprint density at radius 3 is 2.48 bits per heavy atom. The minimum absolute atomic E-state index is 0.0393. The van der Waals surface area contributed by atoms with E-state index in [0.29, 0.717) is 17.0 Å². The standard InChI is InChI=1S/C18H25N5O2/c1-13-14(18(24)23-10-8-21(2)9-11-23)15-16(19-12-20-17(15)25-13)22-6-4-3-5-7-22/h12H,3-11H2,1-2H3. The molecule has 2 saturated heterocycles. The van der Waals surface area contributed by atoms with Gasteiger partial charge in [-0.05, 0) is 33.2 Å². The quantitative estimate of drug-likeness (QED) is 0.830. The van der Waals surface area contributed by atoms with Gasteiger partial charge in [0.25, 0.3) is 5.91 Å². The van der Waals surface area contributed by atoms with Gasteiger partial charge in [-0.3, -0.25) is 4.79 Å². The monoisotopic (exact) mass is 343 g/mol. The molecule has 0 radical (unpaired) electrons. The third-order valence-electron chi connectivity index (χ3n) is 5.30. The normalized spacial score (nSPS) is 19.6. The van der Waals surface area contributed by atoms with Crippen LogP contribution in [0, 0.1) is 6.92 Å². The number of likely N-dealkylation sites (N-methyl/N-ethyl adjacent to an activating group) is 1. The van der Waals surface area contributed by atoms with Crippen LogP contribution >= 0.6 is 0 Å². The Labute approximate surface area is 147 Å². The molecule has 2 fully saturated rings. The predicted molar refractivity (Wildman–Crippen MR) is 96.0 cm³/mol. The third kappa shape index (κ3) is 2.97. The number of piperazine rings is 1. The number of aromatic nitrogens is 2. The fraction of sp³-hybridized carbons (Fsp3) is 0.611. The molecule has 4 heterocycles.